The average molecular weight is 265 g/mol. The molecular formula is C15H27N3O. The highest BCUT2D eigenvalue weighted by atomic mass is 16.3. The first kappa shape index (κ1) is 14.5. The van der Waals surface area contributed by atoms with E-state index in [1.807, 2.05) is 0 Å². The van der Waals surface area contributed by atoms with Crippen molar-refractivity contribution in [2.45, 2.75) is 70.6 Å². The number of aliphatic hydroxyl groups is 1. The summed E-state index contributed by atoms with van der Waals surface area (Å²) in [6.07, 6.45) is 8.47. The second kappa shape index (κ2) is 6.53. The maximum absolute atomic E-state index is 10.3. The molecule has 0 unspecified atom stereocenters. The van der Waals surface area contributed by atoms with Crippen LogP contribution in [-0.2, 0) is 6.54 Å². The fraction of sp³-hybridized carbons (Fsp3) is 0.800. The summed E-state index contributed by atoms with van der Waals surface area (Å²) >= 11 is 0. The molecule has 1 aliphatic rings. The third kappa shape index (κ3) is 3.80. The molecule has 0 atom stereocenters. The zero-order valence-corrected chi connectivity index (χ0v) is 12.2. The fourth-order valence-electron chi connectivity index (χ4n) is 2.97. The Hall–Kier alpha value is -0.870. The molecule has 19 heavy (non-hydrogen) atoms. The third-order valence-corrected chi connectivity index (χ3v) is 4.27. The van der Waals surface area contributed by atoms with Gasteiger partial charge in [0.2, 0.25) is 0 Å². The minimum Gasteiger partial charge on any atom is -0.389 e. The molecule has 0 aromatic carbocycles. The van der Waals surface area contributed by atoms with Crippen molar-refractivity contribution in [2.75, 3.05) is 6.54 Å². The first-order chi connectivity index (χ1) is 9.17. The van der Waals surface area contributed by atoms with Crippen molar-refractivity contribution in [2.24, 2.45) is 0 Å². The van der Waals surface area contributed by atoms with Crippen LogP contribution in [0.2, 0.25) is 0 Å². The van der Waals surface area contributed by atoms with Crippen molar-refractivity contribution in [1.82, 2.24) is 15.1 Å². The van der Waals surface area contributed by atoms with Crippen LogP contribution in [0.15, 0.2) is 12.3 Å². The molecule has 1 aliphatic carbocycles. The van der Waals surface area contributed by atoms with Crippen LogP contribution in [-0.4, -0.2) is 27.0 Å². The van der Waals surface area contributed by atoms with Gasteiger partial charge in [0.25, 0.3) is 0 Å². The summed E-state index contributed by atoms with van der Waals surface area (Å²) in [7, 11) is 0. The number of nitrogens with one attached hydrogen (secondary N) is 1. The van der Waals surface area contributed by atoms with E-state index in [2.05, 4.69) is 41.2 Å². The summed E-state index contributed by atoms with van der Waals surface area (Å²) in [5.41, 5.74) is 0.589. The lowest BCUT2D eigenvalue weighted by Crippen LogP contribution is -2.37. The topological polar surface area (TPSA) is 50.1 Å². The van der Waals surface area contributed by atoms with E-state index < -0.39 is 5.60 Å². The number of rotatable bonds is 7. The molecule has 0 aliphatic heterocycles. The standard InChI is InChI=1S/C15H27N3O/c1-3-14(4-2)18-10-7-13(17-18)11-16-12-15(19)8-5-6-9-15/h7,10,14,16,19H,3-6,8-9,11-12H2,1-2H3. The van der Waals surface area contributed by atoms with Gasteiger partial charge in [0.1, 0.15) is 0 Å². The number of hydrogen-bond donors (Lipinski definition) is 2. The molecule has 0 saturated heterocycles. The second-order valence-electron chi connectivity index (χ2n) is 5.79. The quantitative estimate of drug-likeness (QED) is 0.797. The Kier molecular flexibility index (Phi) is 4.99. The van der Waals surface area contributed by atoms with E-state index >= 15 is 0 Å². The van der Waals surface area contributed by atoms with Gasteiger partial charge in [-0.2, -0.15) is 5.10 Å². The van der Waals surface area contributed by atoms with Gasteiger partial charge in [0, 0.05) is 19.3 Å². The predicted molar refractivity (Wildman–Crippen MR) is 77.0 cm³/mol. The molecule has 1 saturated carbocycles. The summed E-state index contributed by atoms with van der Waals surface area (Å²) in [4.78, 5) is 0. The van der Waals surface area contributed by atoms with Crippen molar-refractivity contribution in [3.05, 3.63) is 18.0 Å². The Morgan fingerprint density at radius 1 is 1.37 bits per heavy atom. The molecule has 1 aromatic heterocycles. The molecule has 2 N–H and O–H groups in total. The van der Waals surface area contributed by atoms with Gasteiger partial charge in [0.15, 0.2) is 0 Å². The van der Waals surface area contributed by atoms with Gasteiger partial charge in [-0.3, -0.25) is 4.68 Å². The van der Waals surface area contributed by atoms with E-state index in [1.54, 1.807) is 0 Å². The molecule has 2 rings (SSSR count). The number of aromatic nitrogens is 2. The van der Waals surface area contributed by atoms with Crippen molar-refractivity contribution in [3.8, 4) is 0 Å². The van der Waals surface area contributed by atoms with Gasteiger partial charge in [-0.05, 0) is 31.7 Å². The van der Waals surface area contributed by atoms with Crippen LogP contribution < -0.4 is 5.32 Å². The maximum atomic E-state index is 10.3. The monoisotopic (exact) mass is 265 g/mol. The van der Waals surface area contributed by atoms with Gasteiger partial charge in [-0.15, -0.1) is 0 Å². The SMILES string of the molecule is CCC(CC)n1ccc(CNCC2(O)CCCC2)n1. The van der Waals surface area contributed by atoms with Crippen molar-refractivity contribution < 1.29 is 5.11 Å². The summed E-state index contributed by atoms with van der Waals surface area (Å²) in [5, 5.41) is 18.2. The lowest BCUT2D eigenvalue weighted by atomic mass is 10.0. The molecule has 1 aromatic rings. The Balaban J connectivity index is 1.80. The molecule has 108 valence electrons. The van der Waals surface area contributed by atoms with Crippen LogP contribution in [0.1, 0.15) is 64.1 Å². The van der Waals surface area contributed by atoms with Crippen molar-refractivity contribution in [1.29, 1.82) is 0 Å². The van der Waals surface area contributed by atoms with E-state index in [1.165, 1.54) is 0 Å². The highest BCUT2D eigenvalue weighted by Crippen LogP contribution is 2.28. The summed E-state index contributed by atoms with van der Waals surface area (Å²) in [6.45, 7) is 5.83. The molecule has 4 nitrogen and oxygen atoms in total. The van der Waals surface area contributed by atoms with Gasteiger partial charge in [0.05, 0.1) is 17.3 Å². The molecule has 0 amide bonds. The molecule has 1 fully saturated rings. The summed E-state index contributed by atoms with van der Waals surface area (Å²) in [6, 6.07) is 2.58. The summed E-state index contributed by atoms with van der Waals surface area (Å²) in [5.74, 6) is 0. The Bertz CT molecular complexity index is 378. The van der Waals surface area contributed by atoms with Crippen LogP contribution in [0, 0.1) is 0 Å². The van der Waals surface area contributed by atoms with Crippen LogP contribution in [0.5, 0.6) is 0 Å². The molecular weight excluding hydrogens is 238 g/mol. The zero-order chi connectivity index (χ0) is 13.7. The first-order valence-corrected chi connectivity index (χ1v) is 7.64. The average Bonchev–Trinajstić information content (AvgIpc) is 3.01. The minimum atomic E-state index is -0.474. The number of hydrogen-bond acceptors (Lipinski definition) is 3. The molecule has 0 spiro atoms. The van der Waals surface area contributed by atoms with Crippen molar-refractivity contribution in [3.63, 3.8) is 0 Å². The molecule has 0 bridgehead atoms. The first-order valence-electron chi connectivity index (χ1n) is 7.64. The Labute approximate surface area is 116 Å². The fourth-order valence-corrected chi connectivity index (χ4v) is 2.97. The van der Waals surface area contributed by atoms with Gasteiger partial charge in [-0.25, -0.2) is 0 Å². The normalized spacial score (nSPS) is 18.3. The highest BCUT2D eigenvalue weighted by Gasteiger charge is 2.30. The smallest absolute Gasteiger partial charge is 0.0771 e. The molecule has 0 radical (unpaired) electrons. The summed E-state index contributed by atoms with van der Waals surface area (Å²) < 4.78 is 2.07. The Morgan fingerprint density at radius 2 is 2.05 bits per heavy atom. The second-order valence-corrected chi connectivity index (χ2v) is 5.79. The minimum absolute atomic E-state index is 0.474. The van der Waals surface area contributed by atoms with Gasteiger partial charge < -0.3 is 10.4 Å². The van der Waals surface area contributed by atoms with E-state index in [9.17, 15) is 5.11 Å². The van der Waals surface area contributed by atoms with Crippen LogP contribution in [0.3, 0.4) is 0 Å². The van der Waals surface area contributed by atoms with E-state index in [-0.39, 0.29) is 0 Å². The van der Waals surface area contributed by atoms with Crippen LogP contribution in [0.4, 0.5) is 0 Å². The van der Waals surface area contributed by atoms with Crippen molar-refractivity contribution >= 4 is 0 Å². The predicted octanol–water partition coefficient (Wildman–Crippen LogP) is 2.64. The van der Waals surface area contributed by atoms with Gasteiger partial charge >= 0.3 is 0 Å². The Morgan fingerprint density at radius 3 is 2.68 bits per heavy atom. The van der Waals surface area contributed by atoms with Crippen LogP contribution in [0.25, 0.3) is 0 Å². The highest BCUT2D eigenvalue weighted by molar-refractivity contribution is 5.00. The third-order valence-electron chi connectivity index (χ3n) is 4.27. The number of nitrogens with zero attached hydrogens (tertiary/aromatic N) is 2. The van der Waals surface area contributed by atoms with Crippen LogP contribution >= 0.6 is 0 Å². The van der Waals surface area contributed by atoms with E-state index in [4.69, 9.17) is 0 Å². The van der Waals surface area contributed by atoms with E-state index in [0.717, 1.165) is 50.8 Å². The lowest BCUT2D eigenvalue weighted by Gasteiger charge is -2.22. The lowest BCUT2D eigenvalue weighted by molar-refractivity contribution is 0.0474. The van der Waals surface area contributed by atoms with E-state index in [0.29, 0.717) is 12.6 Å². The largest absolute Gasteiger partial charge is 0.389 e. The maximum Gasteiger partial charge on any atom is 0.0771 e. The molecule has 4 heteroatoms. The molecule has 1 heterocycles. The zero-order valence-electron chi connectivity index (χ0n) is 12.2. The van der Waals surface area contributed by atoms with Gasteiger partial charge in [-0.1, -0.05) is 26.7 Å².